The number of aromatic amines is 1. The van der Waals surface area contributed by atoms with Crippen LogP contribution in [0.25, 0.3) is 0 Å². The highest BCUT2D eigenvalue weighted by molar-refractivity contribution is 9.10. The largest absolute Gasteiger partial charge is 0.434 e. The molecule has 0 unspecified atom stereocenters. The van der Waals surface area contributed by atoms with E-state index in [1.807, 2.05) is 13.8 Å². The van der Waals surface area contributed by atoms with Gasteiger partial charge in [0.05, 0.1) is 0 Å². The molecule has 8 heteroatoms. The van der Waals surface area contributed by atoms with Crippen molar-refractivity contribution < 1.29 is 18.3 Å². The molecule has 2 N–H and O–H groups in total. The zero-order valence-electron chi connectivity index (χ0n) is 12.6. The first kappa shape index (κ1) is 17.4. The molecule has 0 atom stereocenters. The smallest absolute Gasteiger partial charge is 0.387 e. The Bertz CT molecular complexity index is 689. The Morgan fingerprint density at radius 1 is 1.39 bits per heavy atom. The number of halogens is 3. The number of H-pyrrole nitrogens is 1. The number of ether oxygens (including phenoxy) is 1. The average molecular weight is 388 g/mol. The molecule has 0 radical (unpaired) electrons. The molecular weight excluding hydrogens is 372 g/mol. The molecule has 0 spiro atoms. The van der Waals surface area contributed by atoms with Gasteiger partial charge in [-0.05, 0) is 30.2 Å². The molecule has 0 aliphatic carbocycles. The molecular formula is C15H16BrF2N3O2. The topological polar surface area (TPSA) is 67.0 Å². The first-order valence-electron chi connectivity index (χ1n) is 6.93. The number of hydrogen-bond donors (Lipinski definition) is 2. The number of alkyl halides is 2. The second kappa shape index (κ2) is 7.54. The van der Waals surface area contributed by atoms with Gasteiger partial charge in [-0.25, -0.2) is 0 Å². The van der Waals surface area contributed by atoms with Crippen LogP contribution in [0.2, 0.25) is 0 Å². The maximum Gasteiger partial charge on any atom is 0.387 e. The Labute approximate surface area is 140 Å². The molecule has 0 bridgehead atoms. The summed E-state index contributed by atoms with van der Waals surface area (Å²) in [5, 5.41) is 9.37. The fourth-order valence-corrected chi connectivity index (χ4v) is 2.32. The number of benzene rings is 1. The van der Waals surface area contributed by atoms with Crippen molar-refractivity contribution in [2.45, 2.75) is 32.9 Å². The molecule has 1 amide bonds. The van der Waals surface area contributed by atoms with Gasteiger partial charge in [0.15, 0.2) is 0 Å². The maximum absolute atomic E-state index is 12.4. The first-order valence-corrected chi connectivity index (χ1v) is 7.73. The zero-order chi connectivity index (χ0) is 17.0. The van der Waals surface area contributed by atoms with E-state index in [9.17, 15) is 13.6 Å². The second-order valence-electron chi connectivity index (χ2n) is 5.18. The molecule has 0 fully saturated rings. The van der Waals surface area contributed by atoms with Crippen molar-refractivity contribution >= 4 is 21.8 Å². The minimum atomic E-state index is -2.93. The van der Waals surface area contributed by atoms with Gasteiger partial charge in [-0.1, -0.05) is 29.8 Å². The van der Waals surface area contributed by atoms with Crippen LogP contribution in [-0.2, 0) is 6.54 Å². The molecule has 23 heavy (non-hydrogen) atoms. The molecule has 0 aliphatic heterocycles. The van der Waals surface area contributed by atoms with Gasteiger partial charge in [0.2, 0.25) is 0 Å². The van der Waals surface area contributed by atoms with Crippen molar-refractivity contribution in [3.05, 3.63) is 45.7 Å². The molecule has 1 aromatic carbocycles. The Kier molecular flexibility index (Phi) is 5.70. The predicted octanol–water partition coefficient (Wildman–Crippen LogP) is 3.83. The van der Waals surface area contributed by atoms with E-state index in [1.165, 1.54) is 6.07 Å². The number of carbonyl (C=O) groups excluding carboxylic acids is 1. The van der Waals surface area contributed by atoms with Gasteiger partial charge >= 0.3 is 6.61 Å². The normalized spacial score (nSPS) is 11.1. The molecule has 2 rings (SSSR count). The van der Waals surface area contributed by atoms with Crippen LogP contribution in [0.15, 0.2) is 28.7 Å². The number of nitrogens with one attached hydrogen (secondary N) is 2. The van der Waals surface area contributed by atoms with Crippen LogP contribution in [0, 0.1) is 0 Å². The first-order chi connectivity index (χ1) is 10.9. The van der Waals surface area contributed by atoms with Gasteiger partial charge in [0.1, 0.15) is 11.4 Å². The summed E-state index contributed by atoms with van der Waals surface area (Å²) in [6.45, 7) is 1.07. The third-order valence-corrected chi connectivity index (χ3v) is 3.62. The summed E-state index contributed by atoms with van der Waals surface area (Å²) in [5.41, 5.74) is 1.53. The van der Waals surface area contributed by atoms with Crippen LogP contribution >= 0.6 is 15.9 Å². The number of nitrogens with zero attached hydrogens (tertiary/aromatic N) is 1. The molecule has 0 saturated carbocycles. The van der Waals surface area contributed by atoms with E-state index in [-0.39, 0.29) is 23.9 Å². The summed E-state index contributed by atoms with van der Waals surface area (Å²) in [6.07, 6.45) is 0. The monoisotopic (exact) mass is 387 g/mol. The average Bonchev–Trinajstić information content (AvgIpc) is 2.97. The number of amides is 1. The fraction of sp³-hybridized carbons (Fsp3) is 0.333. The lowest BCUT2D eigenvalue weighted by Crippen LogP contribution is -2.23. The lowest BCUT2D eigenvalue weighted by Gasteiger charge is -2.11. The number of carbonyl (C=O) groups is 1. The minimum absolute atomic E-state index is 0.0217. The molecule has 0 saturated heterocycles. The fourth-order valence-electron chi connectivity index (χ4n) is 1.91. The summed E-state index contributed by atoms with van der Waals surface area (Å²) in [5.74, 6) is -0.148. The van der Waals surface area contributed by atoms with Crippen molar-refractivity contribution in [3.8, 4) is 5.75 Å². The zero-order valence-corrected chi connectivity index (χ0v) is 14.2. The van der Waals surface area contributed by atoms with E-state index in [0.29, 0.717) is 10.0 Å². The van der Waals surface area contributed by atoms with Gasteiger partial charge in [-0.2, -0.15) is 13.9 Å². The van der Waals surface area contributed by atoms with Crippen molar-refractivity contribution in [2.24, 2.45) is 0 Å². The summed E-state index contributed by atoms with van der Waals surface area (Å²) >= 11 is 3.26. The van der Waals surface area contributed by atoms with Crippen LogP contribution < -0.4 is 10.1 Å². The van der Waals surface area contributed by atoms with Gasteiger partial charge in [0.25, 0.3) is 5.91 Å². The van der Waals surface area contributed by atoms with Crippen molar-refractivity contribution in [2.75, 3.05) is 0 Å². The van der Waals surface area contributed by atoms with Crippen molar-refractivity contribution in [1.29, 1.82) is 0 Å². The SMILES string of the molecule is CC(C)c1cc(C(=O)NCc2cc(Br)ccc2OC(F)F)n[nH]1. The minimum Gasteiger partial charge on any atom is -0.434 e. The lowest BCUT2D eigenvalue weighted by molar-refractivity contribution is -0.0504. The third-order valence-electron chi connectivity index (χ3n) is 3.13. The van der Waals surface area contributed by atoms with Crippen LogP contribution in [0.5, 0.6) is 5.75 Å². The van der Waals surface area contributed by atoms with Crippen LogP contribution in [0.3, 0.4) is 0 Å². The highest BCUT2D eigenvalue weighted by Gasteiger charge is 2.14. The van der Waals surface area contributed by atoms with Crippen molar-refractivity contribution in [1.82, 2.24) is 15.5 Å². The maximum atomic E-state index is 12.4. The summed E-state index contributed by atoms with van der Waals surface area (Å²) in [7, 11) is 0. The Morgan fingerprint density at radius 2 is 2.13 bits per heavy atom. The van der Waals surface area contributed by atoms with Crippen LogP contribution in [0.4, 0.5) is 8.78 Å². The van der Waals surface area contributed by atoms with E-state index in [2.05, 4.69) is 36.2 Å². The van der Waals surface area contributed by atoms with E-state index in [0.717, 1.165) is 5.69 Å². The molecule has 1 heterocycles. The number of rotatable bonds is 6. The van der Waals surface area contributed by atoms with Crippen LogP contribution in [0.1, 0.15) is 41.5 Å². The standard InChI is InChI=1S/C15H16BrF2N3O2/c1-8(2)11-6-12(21-20-11)14(22)19-7-9-5-10(16)3-4-13(9)23-15(17)18/h3-6,8,15H,7H2,1-2H3,(H,19,22)(H,20,21). The Morgan fingerprint density at radius 3 is 2.74 bits per heavy atom. The third kappa shape index (κ3) is 4.75. The van der Waals surface area contributed by atoms with E-state index in [4.69, 9.17) is 0 Å². The molecule has 5 nitrogen and oxygen atoms in total. The second-order valence-corrected chi connectivity index (χ2v) is 6.09. The number of aromatic nitrogens is 2. The van der Waals surface area contributed by atoms with E-state index < -0.39 is 12.5 Å². The highest BCUT2D eigenvalue weighted by atomic mass is 79.9. The molecule has 124 valence electrons. The quantitative estimate of drug-likeness (QED) is 0.791. The summed E-state index contributed by atoms with van der Waals surface area (Å²) < 4.78 is 30.0. The molecule has 1 aromatic heterocycles. The van der Waals surface area contributed by atoms with E-state index >= 15 is 0 Å². The Hall–Kier alpha value is -1.96. The summed E-state index contributed by atoms with van der Waals surface area (Å²) in [6, 6.07) is 6.29. The van der Waals surface area contributed by atoms with Gasteiger partial charge in [-0.3, -0.25) is 9.89 Å². The van der Waals surface area contributed by atoms with Gasteiger partial charge < -0.3 is 10.1 Å². The van der Waals surface area contributed by atoms with Crippen molar-refractivity contribution in [3.63, 3.8) is 0 Å². The lowest BCUT2D eigenvalue weighted by atomic mass is 10.1. The summed E-state index contributed by atoms with van der Waals surface area (Å²) in [4.78, 5) is 12.1. The van der Waals surface area contributed by atoms with Crippen LogP contribution in [-0.4, -0.2) is 22.7 Å². The number of hydrogen-bond acceptors (Lipinski definition) is 3. The Balaban J connectivity index is 2.07. The van der Waals surface area contributed by atoms with Gasteiger partial charge in [-0.15, -0.1) is 0 Å². The predicted molar refractivity (Wildman–Crippen MR) is 84.6 cm³/mol. The highest BCUT2D eigenvalue weighted by Crippen LogP contribution is 2.24. The van der Waals surface area contributed by atoms with Gasteiger partial charge in [0, 0.05) is 22.3 Å². The molecule has 2 aromatic rings. The molecule has 0 aliphatic rings. The van der Waals surface area contributed by atoms with E-state index in [1.54, 1.807) is 18.2 Å².